The van der Waals surface area contributed by atoms with Gasteiger partial charge in [0.25, 0.3) is 0 Å². The summed E-state index contributed by atoms with van der Waals surface area (Å²) in [7, 11) is 0. The quantitative estimate of drug-likeness (QED) is 0.453. The molecule has 0 aliphatic heterocycles. The average molecular weight is 259 g/mol. The van der Waals surface area contributed by atoms with Crippen molar-refractivity contribution in [3.05, 3.63) is 35.1 Å². The molecule has 1 fully saturated rings. The lowest BCUT2D eigenvalue weighted by molar-refractivity contribution is -0.139. The van der Waals surface area contributed by atoms with E-state index in [0.717, 1.165) is 18.2 Å². The molecule has 1 aromatic rings. The first-order valence-electron chi connectivity index (χ1n) is 5.36. The monoisotopic (exact) mass is 259 g/mol. The third-order valence-corrected chi connectivity index (χ3v) is 3.22. The molecule has 1 aromatic carbocycles. The van der Waals surface area contributed by atoms with Crippen molar-refractivity contribution in [1.29, 1.82) is 0 Å². The third-order valence-electron chi connectivity index (χ3n) is 3.22. The van der Waals surface area contributed by atoms with Gasteiger partial charge >= 0.3 is 6.18 Å². The number of carbonyl (C=O) groups excluding carboxylic acids is 1. The standard InChI is InChI=1S/C12H9F4NO/c13-9-4-1-3-8(12(14,15)16)10(9)11(17-7-18)5-2-6-11/h1,3-4H,2,5-6H2. The molecule has 0 N–H and O–H groups in total. The molecule has 1 aliphatic rings. The summed E-state index contributed by atoms with van der Waals surface area (Å²) in [6, 6.07) is 2.75. The number of hydrogen-bond acceptors (Lipinski definition) is 2. The van der Waals surface area contributed by atoms with E-state index >= 15 is 0 Å². The Morgan fingerprint density at radius 1 is 1.28 bits per heavy atom. The maximum atomic E-state index is 13.7. The van der Waals surface area contributed by atoms with Crippen LogP contribution < -0.4 is 0 Å². The number of nitrogens with zero attached hydrogens (tertiary/aromatic N) is 1. The van der Waals surface area contributed by atoms with E-state index in [-0.39, 0.29) is 12.8 Å². The first-order chi connectivity index (χ1) is 8.41. The van der Waals surface area contributed by atoms with E-state index in [9.17, 15) is 22.4 Å². The molecule has 1 aliphatic carbocycles. The van der Waals surface area contributed by atoms with Gasteiger partial charge in [0.15, 0.2) is 0 Å². The highest BCUT2D eigenvalue weighted by atomic mass is 19.4. The van der Waals surface area contributed by atoms with E-state index in [1.54, 1.807) is 0 Å². The van der Waals surface area contributed by atoms with Gasteiger partial charge in [0.05, 0.1) is 5.56 Å². The zero-order valence-electron chi connectivity index (χ0n) is 9.22. The Hall–Kier alpha value is -1.68. The van der Waals surface area contributed by atoms with Crippen LogP contribution in [-0.2, 0) is 16.5 Å². The van der Waals surface area contributed by atoms with Crippen molar-refractivity contribution >= 4 is 6.08 Å². The van der Waals surface area contributed by atoms with Crippen molar-refractivity contribution in [2.75, 3.05) is 0 Å². The molecular weight excluding hydrogens is 250 g/mol. The van der Waals surface area contributed by atoms with Gasteiger partial charge < -0.3 is 0 Å². The second kappa shape index (κ2) is 4.21. The fraction of sp³-hybridized carbons (Fsp3) is 0.417. The van der Waals surface area contributed by atoms with Gasteiger partial charge in [-0.05, 0) is 31.4 Å². The minimum atomic E-state index is -4.67. The zero-order chi connectivity index (χ0) is 13.4. The Morgan fingerprint density at radius 3 is 2.39 bits per heavy atom. The smallest absolute Gasteiger partial charge is 0.211 e. The molecule has 2 nitrogen and oxygen atoms in total. The fourth-order valence-corrected chi connectivity index (χ4v) is 2.25. The SMILES string of the molecule is O=C=NC1(c2c(F)cccc2C(F)(F)F)CCC1. The molecule has 0 spiro atoms. The molecule has 0 aromatic heterocycles. The first kappa shape index (κ1) is 12.8. The van der Waals surface area contributed by atoms with Gasteiger partial charge in [0, 0.05) is 5.56 Å². The minimum Gasteiger partial charge on any atom is -0.211 e. The second-order valence-corrected chi connectivity index (χ2v) is 4.25. The number of aliphatic imine (C=N–C) groups is 1. The summed E-state index contributed by atoms with van der Waals surface area (Å²) in [5.41, 5.74) is -2.99. The summed E-state index contributed by atoms with van der Waals surface area (Å²) in [6.07, 6.45) is -2.35. The molecule has 0 heterocycles. The normalized spacial score (nSPS) is 17.8. The lowest BCUT2D eigenvalue weighted by Gasteiger charge is -2.38. The molecule has 18 heavy (non-hydrogen) atoms. The summed E-state index contributed by atoms with van der Waals surface area (Å²) in [5.74, 6) is -0.983. The summed E-state index contributed by atoms with van der Waals surface area (Å²) in [6.45, 7) is 0. The van der Waals surface area contributed by atoms with Gasteiger partial charge in [-0.25, -0.2) is 9.18 Å². The van der Waals surface area contributed by atoms with Crippen LogP contribution in [0.2, 0.25) is 0 Å². The third kappa shape index (κ3) is 1.93. The number of alkyl halides is 3. The van der Waals surface area contributed by atoms with Crippen LogP contribution in [0.25, 0.3) is 0 Å². The first-order valence-corrected chi connectivity index (χ1v) is 5.36. The van der Waals surface area contributed by atoms with Crippen molar-refractivity contribution in [2.24, 2.45) is 4.99 Å². The van der Waals surface area contributed by atoms with E-state index in [1.807, 2.05) is 0 Å². The molecular formula is C12H9F4NO. The molecule has 2 rings (SSSR count). The van der Waals surface area contributed by atoms with Gasteiger partial charge in [0.1, 0.15) is 11.4 Å². The van der Waals surface area contributed by atoms with Crippen molar-refractivity contribution in [3.8, 4) is 0 Å². The Bertz CT molecular complexity index is 513. The lowest BCUT2D eigenvalue weighted by atomic mass is 9.70. The van der Waals surface area contributed by atoms with Gasteiger partial charge in [-0.15, -0.1) is 0 Å². The molecule has 6 heteroatoms. The fourth-order valence-electron chi connectivity index (χ4n) is 2.25. The van der Waals surface area contributed by atoms with Crippen LogP contribution in [-0.4, -0.2) is 6.08 Å². The number of halogens is 4. The Balaban J connectivity index is 2.66. The van der Waals surface area contributed by atoms with E-state index in [2.05, 4.69) is 4.99 Å². The van der Waals surface area contributed by atoms with Crippen LogP contribution in [0.5, 0.6) is 0 Å². The number of isocyanates is 1. The highest BCUT2D eigenvalue weighted by Gasteiger charge is 2.47. The molecule has 0 unspecified atom stereocenters. The van der Waals surface area contributed by atoms with Gasteiger partial charge in [-0.1, -0.05) is 6.07 Å². The Kier molecular flexibility index (Phi) is 2.99. The van der Waals surface area contributed by atoms with Crippen LogP contribution >= 0.6 is 0 Å². The van der Waals surface area contributed by atoms with Crippen LogP contribution in [0.3, 0.4) is 0 Å². The average Bonchev–Trinajstić information content (AvgIpc) is 2.22. The molecule has 0 radical (unpaired) electrons. The van der Waals surface area contributed by atoms with Gasteiger partial charge in [-0.2, -0.15) is 18.2 Å². The van der Waals surface area contributed by atoms with Crippen LogP contribution in [0.1, 0.15) is 30.4 Å². The summed E-state index contributed by atoms with van der Waals surface area (Å²) >= 11 is 0. The van der Waals surface area contributed by atoms with Crippen molar-refractivity contribution in [1.82, 2.24) is 0 Å². The molecule has 0 saturated heterocycles. The van der Waals surface area contributed by atoms with E-state index in [0.29, 0.717) is 6.42 Å². The van der Waals surface area contributed by atoms with E-state index < -0.39 is 28.7 Å². The lowest BCUT2D eigenvalue weighted by Crippen LogP contribution is -2.35. The molecule has 0 bridgehead atoms. The van der Waals surface area contributed by atoms with Crippen molar-refractivity contribution in [2.45, 2.75) is 31.0 Å². The maximum absolute atomic E-state index is 13.7. The van der Waals surface area contributed by atoms with E-state index in [1.165, 1.54) is 6.08 Å². The Morgan fingerprint density at radius 2 is 1.94 bits per heavy atom. The van der Waals surface area contributed by atoms with Crippen molar-refractivity contribution < 1.29 is 22.4 Å². The number of rotatable bonds is 2. The molecule has 96 valence electrons. The number of hydrogen-bond donors (Lipinski definition) is 0. The second-order valence-electron chi connectivity index (χ2n) is 4.25. The Labute approximate surface area is 100 Å². The summed E-state index contributed by atoms with van der Waals surface area (Å²) in [5, 5.41) is 0. The van der Waals surface area contributed by atoms with Crippen molar-refractivity contribution in [3.63, 3.8) is 0 Å². The maximum Gasteiger partial charge on any atom is 0.416 e. The zero-order valence-corrected chi connectivity index (χ0v) is 9.22. The highest BCUT2D eigenvalue weighted by Crippen LogP contribution is 2.49. The predicted molar refractivity (Wildman–Crippen MR) is 55.1 cm³/mol. The van der Waals surface area contributed by atoms with Gasteiger partial charge in [-0.3, -0.25) is 0 Å². The highest BCUT2D eigenvalue weighted by molar-refractivity contribution is 5.44. The largest absolute Gasteiger partial charge is 0.416 e. The molecule has 1 saturated carbocycles. The van der Waals surface area contributed by atoms with Crippen LogP contribution in [0.4, 0.5) is 17.6 Å². The predicted octanol–water partition coefficient (Wildman–Crippen LogP) is 3.56. The summed E-state index contributed by atoms with van der Waals surface area (Å²) < 4.78 is 52.3. The molecule has 0 amide bonds. The number of benzene rings is 1. The van der Waals surface area contributed by atoms with E-state index in [4.69, 9.17) is 0 Å². The minimum absolute atomic E-state index is 0.228. The molecule has 0 atom stereocenters. The van der Waals surface area contributed by atoms with Crippen LogP contribution in [0.15, 0.2) is 23.2 Å². The topological polar surface area (TPSA) is 29.4 Å². The van der Waals surface area contributed by atoms with Crippen LogP contribution in [0, 0.1) is 5.82 Å². The summed E-state index contributed by atoms with van der Waals surface area (Å²) in [4.78, 5) is 13.8. The van der Waals surface area contributed by atoms with Gasteiger partial charge in [0.2, 0.25) is 6.08 Å².